The molecule has 12 heavy (non-hydrogen) atoms. The molecule has 0 aliphatic rings. The molecule has 0 radical (unpaired) electrons. The second kappa shape index (κ2) is 4.16. The first kappa shape index (κ1) is 9.13. The van der Waals surface area contributed by atoms with E-state index in [9.17, 15) is 0 Å². The lowest BCUT2D eigenvalue weighted by Gasteiger charge is -2.07. The third-order valence-corrected chi connectivity index (χ3v) is 1.66. The van der Waals surface area contributed by atoms with E-state index in [0.29, 0.717) is 23.2 Å². The number of hydrogen-bond acceptors (Lipinski definition) is 3. The smallest absolute Gasteiger partial charge is 0.155 e. The van der Waals surface area contributed by atoms with Crippen molar-refractivity contribution in [1.82, 2.24) is 4.98 Å². The van der Waals surface area contributed by atoms with Gasteiger partial charge in [-0.1, -0.05) is 18.5 Å². The Morgan fingerprint density at radius 3 is 3.08 bits per heavy atom. The average molecular weight is 187 g/mol. The van der Waals surface area contributed by atoms with Gasteiger partial charge >= 0.3 is 0 Å². The van der Waals surface area contributed by atoms with E-state index in [1.807, 2.05) is 6.92 Å². The molecule has 0 aliphatic heterocycles. The molecule has 2 N–H and O–H groups in total. The molecule has 1 rings (SSSR count). The highest BCUT2D eigenvalue weighted by Gasteiger charge is 2.03. The zero-order valence-corrected chi connectivity index (χ0v) is 7.64. The van der Waals surface area contributed by atoms with Crippen LogP contribution in [0.1, 0.15) is 13.3 Å². The maximum Gasteiger partial charge on any atom is 0.155 e. The molecule has 66 valence electrons. The summed E-state index contributed by atoms with van der Waals surface area (Å²) in [4.78, 5) is 3.81. The number of nitrogens with zero attached hydrogens (tertiary/aromatic N) is 1. The molecule has 1 heterocycles. The average Bonchev–Trinajstić information content (AvgIpc) is 2.08. The summed E-state index contributed by atoms with van der Waals surface area (Å²) in [5.74, 6) is 0.608. The van der Waals surface area contributed by atoms with Gasteiger partial charge in [-0.25, -0.2) is 4.98 Å². The molecule has 1 aromatic heterocycles. The van der Waals surface area contributed by atoms with Gasteiger partial charge in [0.25, 0.3) is 0 Å². The van der Waals surface area contributed by atoms with Gasteiger partial charge < -0.3 is 10.5 Å². The first-order chi connectivity index (χ1) is 5.75. The maximum absolute atomic E-state index is 5.68. The highest BCUT2D eigenvalue weighted by molar-refractivity contribution is 6.32. The molecular weight excluding hydrogens is 176 g/mol. The van der Waals surface area contributed by atoms with E-state index in [1.165, 1.54) is 0 Å². The predicted octanol–water partition coefficient (Wildman–Crippen LogP) is 2.11. The molecule has 0 fully saturated rings. The van der Waals surface area contributed by atoms with Gasteiger partial charge in [-0.3, -0.25) is 0 Å². The Morgan fingerprint density at radius 1 is 1.67 bits per heavy atom. The number of hydrogen-bond donors (Lipinski definition) is 1. The predicted molar refractivity (Wildman–Crippen MR) is 49.4 cm³/mol. The van der Waals surface area contributed by atoms with Crippen molar-refractivity contribution in [3.63, 3.8) is 0 Å². The molecule has 4 heteroatoms. The normalized spacial score (nSPS) is 9.83. The topological polar surface area (TPSA) is 48.1 Å². The minimum atomic E-state index is 0.295. The molecule has 0 saturated carbocycles. The SMILES string of the molecule is CCCOc1ccnc(Cl)c1N. The van der Waals surface area contributed by atoms with Gasteiger partial charge in [0.1, 0.15) is 11.4 Å². The molecule has 0 amide bonds. The van der Waals surface area contributed by atoms with Crippen molar-refractivity contribution < 1.29 is 4.74 Å². The summed E-state index contributed by atoms with van der Waals surface area (Å²) in [6, 6.07) is 1.71. The van der Waals surface area contributed by atoms with E-state index in [4.69, 9.17) is 22.1 Å². The second-order valence-corrected chi connectivity index (χ2v) is 2.72. The number of halogens is 1. The van der Waals surface area contributed by atoms with E-state index >= 15 is 0 Å². The second-order valence-electron chi connectivity index (χ2n) is 2.36. The number of nitrogens with two attached hydrogens (primary N) is 1. The van der Waals surface area contributed by atoms with Crippen LogP contribution in [-0.4, -0.2) is 11.6 Å². The first-order valence-electron chi connectivity index (χ1n) is 3.78. The first-order valence-corrected chi connectivity index (χ1v) is 4.16. The van der Waals surface area contributed by atoms with Gasteiger partial charge in [0, 0.05) is 12.3 Å². The van der Waals surface area contributed by atoms with Gasteiger partial charge in [-0.2, -0.15) is 0 Å². The summed E-state index contributed by atoms with van der Waals surface area (Å²) in [5.41, 5.74) is 6.01. The molecule has 0 aliphatic carbocycles. The number of ether oxygens (including phenoxy) is 1. The lowest BCUT2D eigenvalue weighted by Crippen LogP contribution is -1.99. The van der Waals surface area contributed by atoms with Crippen molar-refractivity contribution in [2.75, 3.05) is 12.3 Å². The summed E-state index contributed by atoms with van der Waals surface area (Å²) < 4.78 is 5.32. The van der Waals surface area contributed by atoms with Crippen molar-refractivity contribution in [2.24, 2.45) is 0 Å². The number of anilines is 1. The van der Waals surface area contributed by atoms with Gasteiger partial charge in [0.15, 0.2) is 5.15 Å². The Balaban J connectivity index is 2.78. The van der Waals surface area contributed by atoms with E-state index in [-0.39, 0.29) is 0 Å². The van der Waals surface area contributed by atoms with E-state index < -0.39 is 0 Å². The van der Waals surface area contributed by atoms with Crippen molar-refractivity contribution in [3.05, 3.63) is 17.4 Å². The van der Waals surface area contributed by atoms with Gasteiger partial charge in [-0.15, -0.1) is 0 Å². The third kappa shape index (κ3) is 2.01. The lowest BCUT2D eigenvalue weighted by atomic mass is 10.4. The summed E-state index contributed by atoms with van der Waals surface area (Å²) >= 11 is 5.68. The molecule has 0 atom stereocenters. The zero-order chi connectivity index (χ0) is 8.97. The van der Waals surface area contributed by atoms with Crippen LogP contribution in [-0.2, 0) is 0 Å². The van der Waals surface area contributed by atoms with Crippen LogP contribution in [0.4, 0.5) is 5.69 Å². The maximum atomic E-state index is 5.68. The number of aromatic nitrogens is 1. The largest absolute Gasteiger partial charge is 0.491 e. The molecule has 0 saturated heterocycles. The molecule has 0 bridgehead atoms. The Morgan fingerprint density at radius 2 is 2.42 bits per heavy atom. The van der Waals surface area contributed by atoms with Crippen LogP contribution < -0.4 is 10.5 Å². The fourth-order valence-electron chi connectivity index (χ4n) is 0.769. The summed E-state index contributed by atoms with van der Waals surface area (Å²) in [6.07, 6.45) is 2.52. The minimum Gasteiger partial charge on any atom is -0.491 e. The van der Waals surface area contributed by atoms with Gasteiger partial charge in [0.05, 0.1) is 6.61 Å². The van der Waals surface area contributed by atoms with E-state index in [0.717, 1.165) is 6.42 Å². The van der Waals surface area contributed by atoms with Gasteiger partial charge in [0.2, 0.25) is 0 Å². The fraction of sp³-hybridized carbons (Fsp3) is 0.375. The lowest BCUT2D eigenvalue weighted by molar-refractivity contribution is 0.319. The number of nitrogen functional groups attached to an aromatic ring is 1. The molecule has 3 nitrogen and oxygen atoms in total. The van der Waals surface area contributed by atoms with Gasteiger partial charge in [-0.05, 0) is 6.42 Å². The molecule has 0 unspecified atom stereocenters. The Kier molecular flexibility index (Phi) is 3.17. The molecule has 1 aromatic rings. The standard InChI is InChI=1S/C8H11ClN2O/c1-2-5-12-6-3-4-11-8(9)7(6)10/h3-4H,2,5,10H2,1H3. The third-order valence-electron chi connectivity index (χ3n) is 1.36. The summed E-state index contributed by atoms with van der Waals surface area (Å²) in [6.45, 7) is 2.67. The summed E-state index contributed by atoms with van der Waals surface area (Å²) in [7, 11) is 0. The van der Waals surface area contributed by atoms with Crippen LogP contribution in [0.25, 0.3) is 0 Å². The van der Waals surface area contributed by atoms with Crippen molar-refractivity contribution in [2.45, 2.75) is 13.3 Å². The van der Waals surface area contributed by atoms with Crippen LogP contribution in [0, 0.1) is 0 Å². The van der Waals surface area contributed by atoms with Crippen LogP contribution in [0.15, 0.2) is 12.3 Å². The Hall–Kier alpha value is -0.960. The molecule has 0 spiro atoms. The zero-order valence-electron chi connectivity index (χ0n) is 6.88. The number of rotatable bonds is 3. The van der Waals surface area contributed by atoms with Crippen molar-refractivity contribution >= 4 is 17.3 Å². The quantitative estimate of drug-likeness (QED) is 0.736. The minimum absolute atomic E-state index is 0.295. The Bertz CT molecular complexity index is 265. The Labute approximate surface area is 76.5 Å². The number of pyridine rings is 1. The van der Waals surface area contributed by atoms with Crippen molar-refractivity contribution in [3.8, 4) is 5.75 Å². The van der Waals surface area contributed by atoms with Crippen LogP contribution >= 0.6 is 11.6 Å². The highest BCUT2D eigenvalue weighted by Crippen LogP contribution is 2.26. The summed E-state index contributed by atoms with van der Waals surface area (Å²) in [5, 5.41) is 0.295. The highest BCUT2D eigenvalue weighted by atomic mass is 35.5. The fourth-order valence-corrected chi connectivity index (χ4v) is 0.919. The van der Waals surface area contributed by atoms with Crippen molar-refractivity contribution in [1.29, 1.82) is 0 Å². The van der Waals surface area contributed by atoms with Crippen LogP contribution in [0.5, 0.6) is 5.75 Å². The molecule has 0 aromatic carbocycles. The van der Waals surface area contributed by atoms with Crippen LogP contribution in [0.3, 0.4) is 0 Å². The van der Waals surface area contributed by atoms with E-state index in [2.05, 4.69) is 4.98 Å². The van der Waals surface area contributed by atoms with Crippen LogP contribution in [0.2, 0.25) is 5.15 Å². The monoisotopic (exact) mass is 186 g/mol. The molecular formula is C8H11ClN2O. The van der Waals surface area contributed by atoms with E-state index in [1.54, 1.807) is 12.3 Å².